The van der Waals surface area contributed by atoms with Crippen LogP contribution in [0.15, 0.2) is 79.6 Å². The zero-order valence-corrected chi connectivity index (χ0v) is 41.8. The standard InChI is InChI=1S/C48H50N18O10/c1-24(67)50-35-21-64(5)41(57-35)47(74)60-37-23-66(7)40(59-37)46(73)54-29-17-34(63(4)20-29)44(71)52-27-15-32(61(2)18-27)42(69)49-12-8-9-38(68)56-36-22-65(6)39(58-36)45(72)53-28-16-33(62(3)19-28)43(70)51-26-10-11-30-25(13-26)14-31(55-30)48(75)76/h10-11,13-23,55H,8-9,12H2,1-7H3,(H,49,69)(H,50,67)(H,51,70)(H,52,71)(H,53,72)(H,54,73)(H,56,68)(H,60,74)(H,75,76). The number of carbonyl (C=O) groups excluding carboxylic acids is 8. The van der Waals surface area contributed by atoms with Gasteiger partial charge in [-0.2, -0.15) is 0 Å². The van der Waals surface area contributed by atoms with Crippen molar-refractivity contribution in [3.8, 4) is 0 Å². The van der Waals surface area contributed by atoms with Crippen molar-refractivity contribution in [1.29, 1.82) is 0 Å². The van der Waals surface area contributed by atoms with Gasteiger partial charge in [-0.3, -0.25) is 38.4 Å². The van der Waals surface area contributed by atoms with Crippen LogP contribution in [0.3, 0.4) is 0 Å². The predicted molar refractivity (Wildman–Crippen MR) is 275 cm³/mol. The summed E-state index contributed by atoms with van der Waals surface area (Å²) in [5, 5.41) is 31.3. The lowest BCUT2D eigenvalue weighted by Crippen LogP contribution is -2.27. The number of nitrogens with one attached hydrogen (secondary N) is 9. The van der Waals surface area contributed by atoms with Gasteiger partial charge in [0, 0.05) is 116 Å². The first-order valence-corrected chi connectivity index (χ1v) is 23.0. The fraction of sp³-hybridized carbons (Fsp3) is 0.208. The number of imidazole rings is 3. The van der Waals surface area contributed by atoms with Gasteiger partial charge < -0.3 is 80.0 Å². The number of fused-ring (bicyclic) bond motifs is 1. The van der Waals surface area contributed by atoms with Crippen LogP contribution in [0.2, 0.25) is 0 Å². The summed E-state index contributed by atoms with van der Waals surface area (Å²) in [6, 6.07) is 10.8. The molecule has 28 heteroatoms. The minimum atomic E-state index is -1.11. The second-order valence-electron chi connectivity index (χ2n) is 17.5. The summed E-state index contributed by atoms with van der Waals surface area (Å²) in [6.45, 7) is 1.44. The number of aromatic carboxylic acids is 1. The van der Waals surface area contributed by atoms with E-state index in [2.05, 4.69) is 62.5 Å². The third-order valence-electron chi connectivity index (χ3n) is 11.5. The molecular weight excluding hydrogens is 989 g/mol. The zero-order chi connectivity index (χ0) is 54.7. The molecule has 1 aromatic carbocycles. The van der Waals surface area contributed by atoms with Gasteiger partial charge in [0.05, 0.1) is 17.1 Å². The highest BCUT2D eigenvalue weighted by Gasteiger charge is 2.23. The van der Waals surface area contributed by atoms with Crippen LogP contribution in [-0.2, 0) is 51.9 Å². The van der Waals surface area contributed by atoms with E-state index in [0.29, 0.717) is 28.0 Å². The van der Waals surface area contributed by atoms with Gasteiger partial charge in [-0.15, -0.1) is 0 Å². The van der Waals surface area contributed by atoms with Crippen LogP contribution in [0.1, 0.15) is 93.6 Å². The van der Waals surface area contributed by atoms with E-state index in [0.717, 1.165) is 0 Å². The maximum Gasteiger partial charge on any atom is 0.352 e. The van der Waals surface area contributed by atoms with Gasteiger partial charge in [0.2, 0.25) is 29.3 Å². The molecule has 0 radical (unpaired) electrons. The van der Waals surface area contributed by atoms with Gasteiger partial charge in [0.1, 0.15) is 22.8 Å². The average Bonchev–Trinajstić information content (AvgIpc) is 4.23. The summed E-state index contributed by atoms with van der Waals surface area (Å²) in [4.78, 5) is 130. The molecule has 392 valence electrons. The molecule has 0 aliphatic carbocycles. The highest BCUT2D eigenvalue weighted by molar-refractivity contribution is 6.09. The van der Waals surface area contributed by atoms with E-state index < -0.39 is 47.3 Å². The molecule has 0 aliphatic heterocycles. The number of aromatic amines is 1. The average molecular weight is 1040 g/mol. The second-order valence-corrected chi connectivity index (χ2v) is 17.5. The van der Waals surface area contributed by atoms with Crippen molar-refractivity contribution in [3.63, 3.8) is 0 Å². The molecule has 0 atom stereocenters. The summed E-state index contributed by atoms with van der Waals surface area (Å²) in [6.07, 6.45) is 9.23. The monoisotopic (exact) mass is 1040 g/mol. The number of rotatable bonds is 18. The van der Waals surface area contributed by atoms with Crippen molar-refractivity contribution < 1.29 is 48.3 Å². The largest absolute Gasteiger partial charge is 0.477 e. The van der Waals surface area contributed by atoms with Gasteiger partial charge >= 0.3 is 5.97 Å². The molecule has 7 heterocycles. The minimum absolute atomic E-state index is 0.000426. The van der Waals surface area contributed by atoms with Gasteiger partial charge in [-0.05, 0) is 48.9 Å². The van der Waals surface area contributed by atoms with Crippen LogP contribution < -0.4 is 42.5 Å². The molecule has 10 N–H and O–H groups in total. The van der Waals surface area contributed by atoms with E-state index in [1.165, 1.54) is 83.4 Å². The third-order valence-corrected chi connectivity index (χ3v) is 11.5. The Morgan fingerprint density at radius 1 is 0.487 bits per heavy atom. The van der Waals surface area contributed by atoms with Gasteiger partial charge in [0.25, 0.3) is 35.4 Å². The van der Waals surface area contributed by atoms with Crippen LogP contribution in [0, 0.1) is 0 Å². The Hall–Kier alpha value is -10.5. The number of carboxylic acid groups (broad SMARTS) is 1. The fourth-order valence-electron chi connectivity index (χ4n) is 7.98. The lowest BCUT2D eigenvalue weighted by Gasteiger charge is -2.06. The highest BCUT2D eigenvalue weighted by atomic mass is 16.4. The van der Waals surface area contributed by atoms with Crippen molar-refractivity contribution in [3.05, 3.63) is 120 Å². The second kappa shape index (κ2) is 21.3. The quantitative estimate of drug-likeness (QED) is 0.0552. The van der Waals surface area contributed by atoms with Crippen LogP contribution in [0.25, 0.3) is 10.9 Å². The van der Waals surface area contributed by atoms with Crippen LogP contribution in [0.4, 0.5) is 40.2 Å². The van der Waals surface area contributed by atoms with Crippen molar-refractivity contribution in [2.45, 2.75) is 19.8 Å². The Morgan fingerprint density at radius 2 is 0.921 bits per heavy atom. The molecule has 7 aromatic heterocycles. The number of hydrogen-bond acceptors (Lipinski definition) is 12. The Kier molecular flexibility index (Phi) is 14.5. The predicted octanol–water partition coefficient (Wildman–Crippen LogP) is 3.45. The molecule has 28 nitrogen and oxygen atoms in total. The molecule has 0 fully saturated rings. The Balaban J connectivity index is 0.771. The SMILES string of the molecule is CC(=O)Nc1cn(C)c(C(=O)Nc2cn(C)c(C(=O)Nc3cc(C(=O)Nc4cc(C(=O)NCCCC(=O)Nc5cn(C)c(C(=O)Nc6cc(C(=O)Nc7ccc8[nH]c(C(=O)O)cc8c7)n(C)c6)n5)n(C)c4)n(C)c3)n2)n1. The number of nitrogens with zero attached hydrogens (tertiary/aromatic N) is 9. The molecule has 0 unspecified atom stereocenters. The number of carbonyl (C=O) groups is 9. The van der Waals surface area contributed by atoms with Crippen LogP contribution >= 0.6 is 0 Å². The summed E-state index contributed by atoms with van der Waals surface area (Å²) in [7, 11) is 9.57. The van der Waals surface area contributed by atoms with Crippen molar-refractivity contribution in [1.82, 2.24) is 52.7 Å². The van der Waals surface area contributed by atoms with Crippen LogP contribution in [-0.4, -0.2) is 112 Å². The zero-order valence-electron chi connectivity index (χ0n) is 41.8. The number of amides is 8. The molecule has 0 saturated heterocycles. The Labute approximate surface area is 429 Å². The third kappa shape index (κ3) is 11.7. The fourth-order valence-corrected chi connectivity index (χ4v) is 7.98. The molecule has 76 heavy (non-hydrogen) atoms. The lowest BCUT2D eigenvalue weighted by atomic mass is 10.2. The van der Waals surface area contributed by atoms with Crippen molar-refractivity contribution >= 4 is 104 Å². The van der Waals surface area contributed by atoms with E-state index in [1.54, 1.807) is 72.9 Å². The maximum atomic E-state index is 13.4. The smallest absolute Gasteiger partial charge is 0.352 e. The first-order valence-electron chi connectivity index (χ1n) is 23.0. The summed E-state index contributed by atoms with van der Waals surface area (Å²) in [5.41, 5.74) is 2.54. The molecule has 0 saturated carbocycles. The Bertz CT molecular complexity index is 3670. The van der Waals surface area contributed by atoms with Crippen molar-refractivity contribution in [2.75, 3.05) is 43.8 Å². The Morgan fingerprint density at radius 3 is 1.41 bits per heavy atom. The number of anilines is 7. The number of carboxylic acids is 1. The van der Waals surface area contributed by atoms with Gasteiger partial charge in [0.15, 0.2) is 17.5 Å². The number of hydrogen-bond donors (Lipinski definition) is 10. The van der Waals surface area contributed by atoms with E-state index in [1.807, 2.05) is 0 Å². The van der Waals surface area contributed by atoms with Crippen LogP contribution in [0.5, 0.6) is 0 Å². The van der Waals surface area contributed by atoms with Gasteiger partial charge in [-0.1, -0.05) is 0 Å². The van der Waals surface area contributed by atoms with Crippen molar-refractivity contribution in [2.24, 2.45) is 42.3 Å². The van der Waals surface area contributed by atoms with E-state index in [9.17, 15) is 48.3 Å². The molecule has 0 aliphatic rings. The molecule has 8 amide bonds. The van der Waals surface area contributed by atoms with E-state index in [4.69, 9.17) is 0 Å². The van der Waals surface area contributed by atoms with E-state index in [-0.39, 0.29) is 88.7 Å². The molecular formula is C48H50N18O10. The number of benzene rings is 1. The molecule has 0 spiro atoms. The minimum Gasteiger partial charge on any atom is -0.477 e. The van der Waals surface area contributed by atoms with Gasteiger partial charge in [-0.25, -0.2) is 19.7 Å². The van der Waals surface area contributed by atoms with E-state index >= 15 is 0 Å². The highest BCUT2D eigenvalue weighted by Crippen LogP contribution is 2.23. The number of aryl methyl sites for hydroxylation is 6. The molecule has 8 aromatic rings. The topological polar surface area (TPSA) is 354 Å². The maximum absolute atomic E-state index is 13.4. The normalized spacial score (nSPS) is 11.0. The summed E-state index contributed by atoms with van der Waals surface area (Å²) >= 11 is 0. The first-order chi connectivity index (χ1) is 36.1. The molecule has 0 bridgehead atoms. The number of H-pyrrole nitrogens is 1. The number of aromatic nitrogens is 10. The summed E-state index contributed by atoms with van der Waals surface area (Å²) < 4.78 is 8.79. The first kappa shape index (κ1) is 51.8. The lowest BCUT2D eigenvalue weighted by molar-refractivity contribution is -0.116. The molecule has 8 rings (SSSR count). The summed E-state index contributed by atoms with van der Waals surface area (Å²) in [5.74, 6) is -4.94.